The summed E-state index contributed by atoms with van der Waals surface area (Å²) in [5.41, 5.74) is 0. The summed E-state index contributed by atoms with van der Waals surface area (Å²) in [6.45, 7) is 3.75. The van der Waals surface area contributed by atoms with Crippen molar-refractivity contribution in [3.05, 3.63) is 35.3 Å². The molecule has 6 heteroatoms. The fraction of sp³-hybridized carbons (Fsp3) is 0.286. The third-order valence-corrected chi connectivity index (χ3v) is 3.78. The Morgan fingerprint density at radius 1 is 1.30 bits per heavy atom. The highest BCUT2D eigenvalue weighted by atomic mass is 32.1. The van der Waals surface area contributed by atoms with Gasteiger partial charge in [-0.1, -0.05) is 12.1 Å². The molecule has 1 aliphatic heterocycles. The SMILES string of the molecule is Cc1cnc(NC(=O)[C@H]2Oc3ccccc3O[C@H]2C)s1. The van der Waals surface area contributed by atoms with Crippen molar-refractivity contribution in [1.82, 2.24) is 4.98 Å². The van der Waals surface area contributed by atoms with E-state index in [1.165, 1.54) is 11.3 Å². The molecule has 1 N–H and O–H groups in total. The first kappa shape index (κ1) is 12.9. The van der Waals surface area contributed by atoms with Crippen LogP contribution in [0.5, 0.6) is 11.5 Å². The van der Waals surface area contributed by atoms with Crippen LogP contribution in [0.4, 0.5) is 5.13 Å². The molecule has 1 aromatic heterocycles. The Labute approximate surface area is 120 Å². The minimum atomic E-state index is -0.686. The lowest BCUT2D eigenvalue weighted by Gasteiger charge is -2.30. The van der Waals surface area contributed by atoms with Crippen LogP contribution in [0.25, 0.3) is 0 Å². The van der Waals surface area contributed by atoms with Gasteiger partial charge in [0.15, 0.2) is 16.6 Å². The Morgan fingerprint density at radius 2 is 2.00 bits per heavy atom. The van der Waals surface area contributed by atoms with Gasteiger partial charge in [0.05, 0.1) is 0 Å². The molecule has 1 aliphatic rings. The number of hydrogen-bond acceptors (Lipinski definition) is 5. The Balaban J connectivity index is 1.75. The zero-order chi connectivity index (χ0) is 14.1. The average Bonchev–Trinajstić information content (AvgIpc) is 2.83. The van der Waals surface area contributed by atoms with Gasteiger partial charge in [-0.25, -0.2) is 4.98 Å². The predicted octanol–water partition coefficient (Wildman–Crippen LogP) is 2.62. The number of para-hydroxylation sites is 2. The van der Waals surface area contributed by atoms with Crippen molar-refractivity contribution in [3.8, 4) is 11.5 Å². The van der Waals surface area contributed by atoms with E-state index in [2.05, 4.69) is 10.3 Å². The summed E-state index contributed by atoms with van der Waals surface area (Å²) in [4.78, 5) is 17.4. The van der Waals surface area contributed by atoms with Crippen LogP contribution in [-0.4, -0.2) is 23.1 Å². The molecule has 1 aromatic carbocycles. The molecular formula is C14H14N2O3S. The van der Waals surface area contributed by atoms with E-state index in [4.69, 9.17) is 9.47 Å². The maximum absolute atomic E-state index is 12.2. The van der Waals surface area contributed by atoms with Crippen molar-refractivity contribution in [1.29, 1.82) is 0 Å². The first-order valence-corrected chi connectivity index (χ1v) is 7.11. The zero-order valence-corrected chi connectivity index (χ0v) is 11.9. The number of aromatic nitrogens is 1. The van der Waals surface area contributed by atoms with Crippen LogP contribution in [0.3, 0.4) is 0 Å². The van der Waals surface area contributed by atoms with E-state index >= 15 is 0 Å². The van der Waals surface area contributed by atoms with Crippen molar-refractivity contribution in [2.24, 2.45) is 0 Å². The number of fused-ring (bicyclic) bond motifs is 1. The number of nitrogens with zero attached hydrogens (tertiary/aromatic N) is 1. The van der Waals surface area contributed by atoms with E-state index in [0.717, 1.165) is 4.88 Å². The Bertz CT molecular complexity index is 641. The van der Waals surface area contributed by atoms with Crippen molar-refractivity contribution in [2.45, 2.75) is 26.1 Å². The first-order chi connectivity index (χ1) is 9.63. The maximum Gasteiger partial charge on any atom is 0.271 e. The molecular weight excluding hydrogens is 276 g/mol. The maximum atomic E-state index is 12.2. The molecule has 0 unspecified atom stereocenters. The van der Waals surface area contributed by atoms with Gasteiger partial charge in [0.1, 0.15) is 6.10 Å². The lowest BCUT2D eigenvalue weighted by Crippen LogP contribution is -2.46. The van der Waals surface area contributed by atoms with Crippen LogP contribution >= 0.6 is 11.3 Å². The van der Waals surface area contributed by atoms with Crippen LogP contribution in [0.2, 0.25) is 0 Å². The Kier molecular flexibility index (Phi) is 3.31. The molecule has 0 bridgehead atoms. The highest BCUT2D eigenvalue weighted by Crippen LogP contribution is 2.33. The number of benzene rings is 1. The molecule has 0 saturated carbocycles. The summed E-state index contributed by atoms with van der Waals surface area (Å²) in [5, 5.41) is 3.33. The van der Waals surface area contributed by atoms with Gasteiger partial charge in [0.2, 0.25) is 6.10 Å². The van der Waals surface area contributed by atoms with Gasteiger partial charge in [-0.05, 0) is 26.0 Å². The average molecular weight is 290 g/mol. The van der Waals surface area contributed by atoms with Crippen molar-refractivity contribution in [3.63, 3.8) is 0 Å². The zero-order valence-electron chi connectivity index (χ0n) is 11.1. The smallest absolute Gasteiger partial charge is 0.271 e. The van der Waals surface area contributed by atoms with Gasteiger partial charge < -0.3 is 9.47 Å². The normalized spacial score (nSPS) is 20.5. The molecule has 0 radical (unpaired) electrons. The fourth-order valence-corrected chi connectivity index (χ4v) is 2.66. The van der Waals surface area contributed by atoms with Gasteiger partial charge in [0.25, 0.3) is 5.91 Å². The molecule has 2 heterocycles. The van der Waals surface area contributed by atoms with Crippen molar-refractivity contribution in [2.75, 3.05) is 5.32 Å². The summed E-state index contributed by atoms with van der Waals surface area (Å²) in [6.07, 6.45) is 0.678. The number of rotatable bonds is 2. The quantitative estimate of drug-likeness (QED) is 0.923. The second kappa shape index (κ2) is 5.13. The molecule has 2 atom stereocenters. The molecule has 3 rings (SSSR count). The highest BCUT2D eigenvalue weighted by Gasteiger charge is 2.34. The van der Waals surface area contributed by atoms with Gasteiger partial charge >= 0.3 is 0 Å². The first-order valence-electron chi connectivity index (χ1n) is 6.29. The van der Waals surface area contributed by atoms with Crippen molar-refractivity contribution >= 4 is 22.4 Å². The lowest BCUT2D eigenvalue weighted by molar-refractivity contribution is -0.128. The molecule has 2 aromatic rings. The third-order valence-electron chi connectivity index (χ3n) is 2.95. The van der Waals surface area contributed by atoms with E-state index in [0.29, 0.717) is 16.6 Å². The molecule has 0 fully saturated rings. The Hall–Kier alpha value is -2.08. The number of carbonyl (C=O) groups is 1. The highest BCUT2D eigenvalue weighted by molar-refractivity contribution is 7.15. The van der Waals surface area contributed by atoms with Gasteiger partial charge in [-0.15, -0.1) is 11.3 Å². The number of nitrogens with one attached hydrogen (secondary N) is 1. The molecule has 20 heavy (non-hydrogen) atoms. The van der Waals surface area contributed by atoms with Crippen LogP contribution < -0.4 is 14.8 Å². The molecule has 0 spiro atoms. The molecule has 5 nitrogen and oxygen atoms in total. The van der Waals surface area contributed by atoms with Gasteiger partial charge in [-0.2, -0.15) is 0 Å². The fourth-order valence-electron chi connectivity index (χ4n) is 2.00. The summed E-state index contributed by atoms with van der Waals surface area (Å²) >= 11 is 1.43. The number of amides is 1. The number of anilines is 1. The third kappa shape index (κ3) is 2.46. The topological polar surface area (TPSA) is 60.5 Å². The summed E-state index contributed by atoms with van der Waals surface area (Å²) < 4.78 is 11.4. The standard InChI is InChI=1S/C14H14N2O3S/c1-8-7-15-14(20-8)16-13(17)12-9(2)18-10-5-3-4-6-11(10)19-12/h3-7,9,12H,1-2H3,(H,15,16,17)/t9-,12-/m0/s1. The monoisotopic (exact) mass is 290 g/mol. The number of hydrogen-bond donors (Lipinski definition) is 1. The summed E-state index contributed by atoms with van der Waals surface area (Å²) in [5.74, 6) is 0.997. The summed E-state index contributed by atoms with van der Waals surface area (Å²) in [6, 6.07) is 7.32. The number of carbonyl (C=O) groups excluding carboxylic acids is 1. The molecule has 0 saturated heterocycles. The van der Waals surface area contributed by atoms with Crippen LogP contribution in [0.1, 0.15) is 11.8 Å². The largest absolute Gasteiger partial charge is 0.482 e. The minimum Gasteiger partial charge on any atom is -0.482 e. The van der Waals surface area contributed by atoms with Crippen LogP contribution in [0, 0.1) is 6.92 Å². The number of aryl methyl sites for hydroxylation is 1. The number of thiazole rings is 1. The van der Waals surface area contributed by atoms with Crippen LogP contribution in [0.15, 0.2) is 30.5 Å². The summed E-state index contributed by atoms with van der Waals surface area (Å²) in [7, 11) is 0. The van der Waals surface area contributed by atoms with E-state index in [9.17, 15) is 4.79 Å². The molecule has 0 aliphatic carbocycles. The van der Waals surface area contributed by atoms with E-state index in [1.54, 1.807) is 12.3 Å². The van der Waals surface area contributed by atoms with E-state index < -0.39 is 6.10 Å². The van der Waals surface area contributed by atoms with Crippen molar-refractivity contribution < 1.29 is 14.3 Å². The van der Waals surface area contributed by atoms with E-state index in [-0.39, 0.29) is 12.0 Å². The second-order valence-electron chi connectivity index (χ2n) is 4.57. The second-order valence-corrected chi connectivity index (χ2v) is 5.81. The predicted molar refractivity (Wildman–Crippen MR) is 76.4 cm³/mol. The molecule has 1 amide bonds. The van der Waals surface area contributed by atoms with Gasteiger partial charge in [0, 0.05) is 11.1 Å². The lowest BCUT2D eigenvalue weighted by atomic mass is 10.1. The Morgan fingerprint density at radius 3 is 2.65 bits per heavy atom. The minimum absolute atomic E-state index is 0.249. The van der Waals surface area contributed by atoms with Crippen LogP contribution in [-0.2, 0) is 4.79 Å². The molecule has 104 valence electrons. The van der Waals surface area contributed by atoms with E-state index in [1.807, 2.05) is 32.0 Å². The van der Waals surface area contributed by atoms with Gasteiger partial charge in [-0.3, -0.25) is 10.1 Å². The number of ether oxygens (including phenoxy) is 2.